The first-order valence-corrected chi connectivity index (χ1v) is 19.4. The first-order valence-electron chi connectivity index (χ1n) is 19.4. The molecule has 5 heteroatoms. The third-order valence-electron chi connectivity index (χ3n) is 8.82. The number of ether oxygens (including phenoxy) is 2. The standard InChI is InChI=1S/C45H59F2NO2/c1-3-5-7-9-11-13-15-17-19-21-33-49-44-31-27-38(35-42(44)46)23-24-40-26-30-41(48-37-40)29-25-39-28-32-45(43(47)36-39)50-34-22-20-18-16-14-12-10-8-6-4-2/h26-28,30-32,35-37H,3-22,33-34H2,1-2H3. The molecular weight excluding hydrogens is 624 g/mol. The van der Waals surface area contributed by atoms with Gasteiger partial charge in [0.25, 0.3) is 0 Å². The average molecular weight is 684 g/mol. The summed E-state index contributed by atoms with van der Waals surface area (Å²) in [7, 11) is 0. The van der Waals surface area contributed by atoms with Gasteiger partial charge in [0.05, 0.1) is 13.2 Å². The molecule has 0 N–H and O–H groups in total. The van der Waals surface area contributed by atoms with Gasteiger partial charge in [0.1, 0.15) is 5.69 Å². The number of rotatable bonds is 24. The molecule has 3 nitrogen and oxygen atoms in total. The molecule has 1 aromatic heterocycles. The number of hydrogen-bond donors (Lipinski definition) is 0. The summed E-state index contributed by atoms with van der Waals surface area (Å²) in [5.74, 6) is 11.7. The molecule has 0 atom stereocenters. The summed E-state index contributed by atoms with van der Waals surface area (Å²) >= 11 is 0. The maximum Gasteiger partial charge on any atom is 0.166 e. The summed E-state index contributed by atoms with van der Waals surface area (Å²) in [6.07, 6.45) is 26.7. The smallest absolute Gasteiger partial charge is 0.166 e. The van der Waals surface area contributed by atoms with E-state index in [4.69, 9.17) is 9.47 Å². The van der Waals surface area contributed by atoms with Crippen LogP contribution in [0.4, 0.5) is 8.78 Å². The number of pyridine rings is 1. The highest BCUT2D eigenvalue weighted by atomic mass is 19.1. The van der Waals surface area contributed by atoms with Crippen LogP contribution in [0.15, 0.2) is 54.7 Å². The molecule has 0 bridgehead atoms. The van der Waals surface area contributed by atoms with Crippen LogP contribution in [-0.4, -0.2) is 18.2 Å². The van der Waals surface area contributed by atoms with Gasteiger partial charge in [0.2, 0.25) is 0 Å². The summed E-state index contributed by atoms with van der Waals surface area (Å²) in [5.41, 5.74) is 2.35. The fourth-order valence-electron chi connectivity index (χ4n) is 5.76. The van der Waals surface area contributed by atoms with E-state index in [1.54, 1.807) is 36.5 Å². The van der Waals surface area contributed by atoms with E-state index in [1.807, 2.05) is 6.07 Å². The maximum atomic E-state index is 14.6. The van der Waals surface area contributed by atoms with Crippen LogP contribution in [0.3, 0.4) is 0 Å². The van der Waals surface area contributed by atoms with E-state index < -0.39 is 11.6 Å². The van der Waals surface area contributed by atoms with Crippen LogP contribution >= 0.6 is 0 Å². The van der Waals surface area contributed by atoms with Gasteiger partial charge in [0, 0.05) is 22.9 Å². The summed E-state index contributed by atoms with van der Waals surface area (Å²) in [6.45, 7) is 5.53. The van der Waals surface area contributed by atoms with Crippen molar-refractivity contribution >= 4 is 0 Å². The van der Waals surface area contributed by atoms with Crippen LogP contribution < -0.4 is 9.47 Å². The Bertz CT molecular complexity index is 1370. The molecule has 0 saturated heterocycles. The minimum Gasteiger partial charge on any atom is -0.491 e. The Balaban J connectivity index is 1.34. The van der Waals surface area contributed by atoms with Crippen LogP contribution in [0.25, 0.3) is 0 Å². The molecule has 270 valence electrons. The molecule has 0 aliphatic carbocycles. The van der Waals surface area contributed by atoms with Crippen molar-refractivity contribution in [3.63, 3.8) is 0 Å². The normalized spacial score (nSPS) is 10.6. The molecule has 1 heterocycles. The maximum absolute atomic E-state index is 14.6. The van der Waals surface area contributed by atoms with Gasteiger partial charge >= 0.3 is 0 Å². The number of hydrogen-bond acceptors (Lipinski definition) is 3. The van der Waals surface area contributed by atoms with Crippen molar-refractivity contribution in [2.24, 2.45) is 0 Å². The lowest BCUT2D eigenvalue weighted by Crippen LogP contribution is -1.99. The topological polar surface area (TPSA) is 31.4 Å². The lowest BCUT2D eigenvalue weighted by atomic mass is 10.1. The van der Waals surface area contributed by atoms with Gasteiger partial charge in [-0.05, 0) is 67.3 Å². The first-order chi connectivity index (χ1) is 24.6. The molecule has 0 aliphatic heterocycles. The number of unbranched alkanes of at least 4 members (excludes halogenated alkanes) is 18. The first kappa shape index (κ1) is 40.6. The third-order valence-corrected chi connectivity index (χ3v) is 8.82. The Morgan fingerprint density at radius 2 is 0.840 bits per heavy atom. The van der Waals surface area contributed by atoms with E-state index in [-0.39, 0.29) is 11.5 Å². The highest BCUT2D eigenvalue weighted by Crippen LogP contribution is 2.20. The fraction of sp³-hybridized carbons (Fsp3) is 0.533. The van der Waals surface area contributed by atoms with Gasteiger partial charge in [-0.3, -0.25) is 0 Å². The van der Waals surface area contributed by atoms with Crippen LogP contribution in [0.1, 0.15) is 165 Å². The van der Waals surface area contributed by atoms with Gasteiger partial charge in [-0.1, -0.05) is 147 Å². The molecular formula is C45H59F2NO2. The van der Waals surface area contributed by atoms with Crippen molar-refractivity contribution in [2.75, 3.05) is 13.2 Å². The van der Waals surface area contributed by atoms with Crippen molar-refractivity contribution in [1.29, 1.82) is 0 Å². The zero-order chi connectivity index (χ0) is 35.5. The van der Waals surface area contributed by atoms with Crippen LogP contribution in [0.5, 0.6) is 11.5 Å². The van der Waals surface area contributed by atoms with E-state index in [0.717, 1.165) is 25.7 Å². The van der Waals surface area contributed by atoms with Crippen LogP contribution in [-0.2, 0) is 0 Å². The zero-order valence-electron chi connectivity index (χ0n) is 30.8. The van der Waals surface area contributed by atoms with E-state index in [1.165, 1.54) is 115 Å². The van der Waals surface area contributed by atoms with Gasteiger partial charge in [0.15, 0.2) is 23.1 Å². The lowest BCUT2D eigenvalue weighted by molar-refractivity contribution is 0.290. The lowest BCUT2D eigenvalue weighted by Gasteiger charge is -2.07. The largest absolute Gasteiger partial charge is 0.491 e. The minimum absolute atomic E-state index is 0.263. The van der Waals surface area contributed by atoms with E-state index in [9.17, 15) is 8.78 Å². The Kier molecular flexibility index (Phi) is 21.1. The summed E-state index contributed by atoms with van der Waals surface area (Å²) in [5, 5.41) is 0. The van der Waals surface area contributed by atoms with Gasteiger partial charge < -0.3 is 9.47 Å². The molecule has 0 fully saturated rings. The molecule has 50 heavy (non-hydrogen) atoms. The third kappa shape index (κ3) is 17.7. The van der Waals surface area contributed by atoms with Crippen LogP contribution in [0.2, 0.25) is 0 Å². The molecule has 3 aromatic rings. The average Bonchev–Trinajstić information content (AvgIpc) is 3.13. The second-order valence-electron chi connectivity index (χ2n) is 13.3. The highest BCUT2D eigenvalue weighted by molar-refractivity contribution is 5.46. The van der Waals surface area contributed by atoms with Crippen molar-refractivity contribution in [3.05, 3.63) is 88.7 Å². The number of halogens is 2. The predicted octanol–water partition coefficient (Wildman–Crippen LogP) is 12.8. The molecule has 0 spiro atoms. The van der Waals surface area contributed by atoms with Gasteiger partial charge in [-0.15, -0.1) is 0 Å². The van der Waals surface area contributed by atoms with E-state index in [0.29, 0.717) is 35.6 Å². The van der Waals surface area contributed by atoms with Crippen molar-refractivity contribution in [3.8, 4) is 35.2 Å². The Morgan fingerprint density at radius 1 is 0.460 bits per heavy atom. The SMILES string of the molecule is CCCCCCCCCCCCOc1ccc(C#Cc2ccc(C#Cc3ccc(OCCCCCCCCCCCC)c(F)c3)nc2)cc1F. The monoisotopic (exact) mass is 683 g/mol. The molecule has 0 radical (unpaired) electrons. The van der Waals surface area contributed by atoms with E-state index in [2.05, 4.69) is 42.5 Å². The summed E-state index contributed by atoms with van der Waals surface area (Å²) in [4.78, 5) is 4.36. The Labute approximate surface area is 302 Å². The number of aromatic nitrogens is 1. The van der Waals surface area contributed by atoms with Crippen molar-refractivity contribution < 1.29 is 18.3 Å². The fourth-order valence-corrected chi connectivity index (χ4v) is 5.76. The molecule has 0 aliphatic rings. The molecule has 0 amide bonds. The van der Waals surface area contributed by atoms with E-state index >= 15 is 0 Å². The number of nitrogens with zero attached hydrogens (tertiary/aromatic N) is 1. The zero-order valence-corrected chi connectivity index (χ0v) is 30.8. The molecule has 2 aromatic carbocycles. The summed E-state index contributed by atoms with van der Waals surface area (Å²) < 4.78 is 40.6. The Hall–Kier alpha value is -3.83. The van der Waals surface area contributed by atoms with Gasteiger partial charge in [-0.25, -0.2) is 13.8 Å². The van der Waals surface area contributed by atoms with Crippen LogP contribution in [0, 0.1) is 35.3 Å². The highest BCUT2D eigenvalue weighted by Gasteiger charge is 2.06. The second kappa shape index (κ2) is 26.0. The quantitative estimate of drug-likeness (QED) is 0.0696. The number of benzene rings is 2. The Morgan fingerprint density at radius 3 is 1.24 bits per heavy atom. The van der Waals surface area contributed by atoms with Crippen molar-refractivity contribution in [1.82, 2.24) is 4.98 Å². The molecule has 3 rings (SSSR count). The van der Waals surface area contributed by atoms with Gasteiger partial charge in [-0.2, -0.15) is 0 Å². The second-order valence-corrected chi connectivity index (χ2v) is 13.3. The molecule has 0 saturated carbocycles. The summed E-state index contributed by atoms with van der Waals surface area (Å²) in [6, 6.07) is 13.2. The molecule has 0 unspecified atom stereocenters. The predicted molar refractivity (Wildman–Crippen MR) is 204 cm³/mol. The minimum atomic E-state index is -0.410. The van der Waals surface area contributed by atoms with Crippen molar-refractivity contribution in [2.45, 2.75) is 142 Å².